The van der Waals surface area contributed by atoms with Crippen LogP contribution in [0.4, 0.5) is 5.69 Å². The maximum Gasteiger partial charge on any atom is 0.313 e. The lowest BCUT2D eigenvalue weighted by molar-refractivity contribution is -0.136. The number of carbonyl (C=O) groups is 2. The Morgan fingerprint density at radius 1 is 1.27 bits per heavy atom. The van der Waals surface area contributed by atoms with Gasteiger partial charge in [-0.3, -0.25) is 9.59 Å². The minimum atomic E-state index is -0.737. The molecule has 0 heterocycles. The Bertz CT molecular complexity index is 592. The predicted octanol–water partition coefficient (Wildman–Crippen LogP) is 1.27. The molecule has 0 spiro atoms. The highest BCUT2D eigenvalue weighted by Crippen LogP contribution is 2.23. The first kappa shape index (κ1) is 16.1. The first-order valence-electron chi connectivity index (χ1n) is 7.44. The van der Waals surface area contributed by atoms with Crippen LogP contribution in [-0.2, 0) is 9.59 Å². The summed E-state index contributed by atoms with van der Waals surface area (Å²) in [5.41, 5.74) is 1.11. The normalized spacial score (nSPS) is 20.7. The molecule has 1 aliphatic carbocycles. The summed E-state index contributed by atoms with van der Waals surface area (Å²) >= 11 is 0. The van der Waals surface area contributed by atoms with Gasteiger partial charge in [0.05, 0.1) is 6.10 Å². The molecule has 116 valence electrons. The summed E-state index contributed by atoms with van der Waals surface area (Å²) in [6.45, 7) is 0.317. The van der Waals surface area contributed by atoms with Gasteiger partial charge in [0.15, 0.2) is 0 Å². The minimum absolute atomic E-state index is 0.0234. The van der Waals surface area contributed by atoms with Gasteiger partial charge in [-0.15, -0.1) is 6.42 Å². The van der Waals surface area contributed by atoms with E-state index < -0.39 is 17.9 Å². The van der Waals surface area contributed by atoms with E-state index in [4.69, 9.17) is 6.42 Å². The number of aliphatic hydroxyl groups excluding tert-OH is 1. The van der Waals surface area contributed by atoms with Crippen molar-refractivity contribution in [2.75, 3.05) is 11.9 Å². The highest BCUT2D eigenvalue weighted by atomic mass is 16.3. The van der Waals surface area contributed by atoms with Crippen molar-refractivity contribution in [3.05, 3.63) is 29.8 Å². The van der Waals surface area contributed by atoms with Crippen LogP contribution in [0, 0.1) is 18.3 Å². The van der Waals surface area contributed by atoms with Gasteiger partial charge < -0.3 is 15.7 Å². The Morgan fingerprint density at radius 2 is 2.05 bits per heavy atom. The quantitative estimate of drug-likeness (QED) is 0.581. The molecule has 1 saturated carbocycles. The third-order valence-corrected chi connectivity index (χ3v) is 3.89. The number of aliphatic hydroxyl groups is 1. The van der Waals surface area contributed by atoms with Crippen molar-refractivity contribution in [2.24, 2.45) is 5.92 Å². The number of rotatable bonds is 3. The number of amides is 2. The van der Waals surface area contributed by atoms with Crippen molar-refractivity contribution in [3.8, 4) is 12.3 Å². The van der Waals surface area contributed by atoms with Crippen LogP contribution in [0.15, 0.2) is 24.3 Å². The number of carbonyl (C=O) groups excluding carboxylic acids is 2. The van der Waals surface area contributed by atoms with Crippen LogP contribution in [0.2, 0.25) is 0 Å². The Kier molecular flexibility index (Phi) is 5.56. The Labute approximate surface area is 130 Å². The van der Waals surface area contributed by atoms with Crippen molar-refractivity contribution in [1.29, 1.82) is 0 Å². The second-order valence-electron chi connectivity index (χ2n) is 5.50. The van der Waals surface area contributed by atoms with E-state index in [1.807, 2.05) is 0 Å². The third-order valence-electron chi connectivity index (χ3n) is 3.89. The zero-order valence-corrected chi connectivity index (χ0v) is 12.3. The van der Waals surface area contributed by atoms with Crippen molar-refractivity contribution in [3.63, 3.8) is 0 Å². The Morgan fingerprint density at radius 3 is 2.77 bits per heavy atom. The smallest absolute Gasteiger partial charge is 0.313 e. The first-order valence-corrected chi connectivity index (χ1v) is 7.44. The minimum Gasteiger partial charge on any atom is -0.393 e. The number of benzene rings is 1. The number of nitrogens with one attached hydrogen (secondary N) is 2. The fourth-order valence-electron chi connectivity index (χ4n) is 2.60. The number of anilines is 1. The first-order chi connectivity index (χ1) is 10.6. The van der Waals surface area contributed by atoms with Gasteiger partial charge in [-0.2, -0.15) is 0 Å². The molecule has 0 saturated heterocycles. The molecule has 22 heavy (non-hydrogen) atoms. The number of hydrogen-bond acceptors (Lipinski definition) is 3. The maximum absolute atomic E-state index is 11.8. The Balaban J connectivity index is 1.84. The molecule has 2 amide bonds. The van der Waals surface area contributed by atoms with Gasteiger partial charge in [-0.25, -0.2) is 0 Å². The molecule has 1 aromatic carbocycles. The molecule has 1 aromatic rings. The van der Waals surface area contributed by atoms with Gasteiger partial charge in [0.25, 0.3) is 0 Å². The van der Waals surface area contributed by atoms with Crippen LogP contribution in [0.3, 0.4) is 0 Å². The lowest BCUT2D eigenvalue weighted by Gasteiger charge is -2.27. The van der Waals surface area contributed by atoms with E-state index in [9.17, 15) is 14.7 Å². The van der Waals surface area contributed by atoms with Crippen molar-refractivity contribution in [1.82, 2.24) is 5.32 Å². The summed E-state index contributed by atoms with van der Waals surface area (Å²) in [4.78, 5) is 23.6. The van der Waals surface area contributed by atoms with Crippen LogP contribution in [0.1, 0.15) is 31.2 Å². The van der Waals surface area contributed by atoms with Crippen LogP contribution < -0.4 is 10.6 Å². The largest absolute Gasteiger partial charge is 0.393 e. The molecule has 0 unspecified atom stereocenters. The molecular weight excluding hydrogens is 280 g/mol. The summed E-state index contributed by atoms with van der Waals surface area (Å²) in [5.74, 6) is 1.05. The highest BCUT2D eigenvalue weighted by molar-refractivity contribution is 6.39. The van der Waals surface area contributed by atoms with Crippen molar-refractivity contribution >= 4 is 17.5 Å². The van der Waals surface area contributed by atoms with E-state index in [0.717, 1.165) is 25.7 Å². The van der Waals surface area contributed by atoms with E-state index in [1.54, 1.807) is 24.3 Å². The second-order valence-corrected chi connectivity index (χ2v) is 5.50. The zero-order chi connectivity index (χ0) is 15.9. The van der Waals surface area contributed by atoms with Crippen LogP contribution >= 0.6 is 0 Å². The number of terminal acetylenes is 1. The van der Waals surface area contributed by atoms with Gasteiger partial charge in [0.2, 0.25) is 0 Å². The van der Waals surface area contributed by atoms with Crippen LogP contribution in [0.25, 0.3) is 0 Å². The third kappa shape index (κ3) is 4.34. The van der Waals surface area contributed by atoms with Crippen LogP contribution in [-0.4, -0.2) is 29.6 Å². The monoisotopic (exact) mass is 300 g/mol. The average Bonchev–Trinajstić information content (AvgIpc) is 2.54. The fraction of sp³-hybridized carbons (Fsp3) is 0.412. The number of hydrogen-bond donors (Lipinski definition) is 3. The molecule has 3 N–H and O–H groups in total. The van der Waals surface area contributed by atoms with E-state index >= 15 is 0 Å². The van der Waals surface area contributed by atoms with Gasteiger partial charge in [-0.05, 0) is 31.0 Å². The highest BCUT2D eigenvalue weighted by Gasteiger charge is 2.24. The molecule has 5 nitrogen and oxygen atoms in total. The summed E-state index contributed by atoms with van der Waals surface area (Å²) in [5, 5.41) is 14.9. The topological polar surface area (TPSA) is 78.4 Å². The van der Waals surface area contributed by atoms with Gasteiger partial charge in [0, 0.05) is 23.7 Å². The predicted molar refractivity (Wildman–Crippen MR) is 84.0 cm³/mol. The van der Waals surface area contributed by atoms with E-state index in [1.165, 1.54) is 0 Å². The van der Waals surface area contributed by atoms with Crippen LogP contribution in [0.5, 0.6) is 0 Å². The second kappa shape index (κ2) is 7.62. The molecule has 0 aliphatic heterocycles. The summed E-state index contributed by atoms with van der Waals surface area (Å²) in [7, 11) is 0. The molecule has 1 fully saturated rings. The molecule has 2 atom stereocenters. The average molecular weight is 300 g/mol. The molecule has 1 aliphatic rings. The van der Waals surface area contributed by atoms with Crippen molar-refractivity contribution in [2.45, 2.75) is 31.8 Å². The molecule has 5 heteroatoms. The molecule has 0 aromatic heterocycles. The van der Waals surface area contributed by atoms with Gasteiger partial charge in [0.1, 0.15) is 0 Å². The van der Waals surface area contributed by atoms with Gasteiger partial charge in [-0.1, -0.05) is 24.8 Å². The lowest BCUT2D eigenvalue weighted by atomic mass is 9.86. The molecule has 0 bridgehead atoms. The van der Waals surface area contributed by atoms with Crippen molar-refractivity contribution < 1.29 is 14.7 Å². The molecule has 2 rings (SSSR count). The van der Waals surface area contributed by atoms with Gasteiger partial charge >= 0.3 is 11.8 Å². The lowest BCUT2D eigenvalue weighted by Crippen LogP contribution is -2.41. The molecular formula is C17H20N2O3. The molecule has 0 radical (unpaired) electrons. The SMILES string of the molecule is C#Cc1cccc(NC(=O)C(=O)NC[C@@H]2CCCC[C@H]2O)c1. The van der Waals surface area contributed by atoms with E-state index in [0.29, 0.717) is 17.8 Å². The zero-order valence-electron chi connectivity index (χ0n) is 12.3. The summed E-state index contributed by atoms with van der Waals surface area (Å²) in [6, 6.07) is 6.73. The fourth-order valence-corrected chi connectivity index (χ4v) is 2.60. The maximum atomic E-state index is 11.8. The Hall–Kier alpha value is -2.32. The van der Waals surface area contributed by atoms with E-state index in [-0.39, 0.29) is 5.92 Å². The summed E-state index contributed by atoms with van der Waals surface area (Å²) in [6.07, 6.45) is 8.57. The van der Waals surface area contributed by atoms with E-state index in [2.05, 4.69) is 16.6 Å². The standard InChI is InChI=1S/C17H20N2O3/c1-2-12-6-5-8-14(10-12)19-17(22)16(21)18-11-13-7-3-4-9-15(13)20/h1,5-6,8,10,13,15,20H,3-4,7,9,11H2,(H,18,21)(H,19,22)/t13-,15+/m0/s1. The summed E-state index contributed by atoms with van der Waals surface area (Å²) < 4.78 is 0.